The first kappa shape index (κ1) is 12.1. The number of carbonyl (C=O) groups is 1. The quantitative estimate of drug-likeness (QED) is 0.903. The number of benzene rings is 1. The number of hydrogen-bond acceptors (Lipinski definition) is 3. The van der Waals surface area contributed by atoms with E-state index in [9.17, 15) is 14.3 Å². The molecule has 1 saturated heterocycles. The van der Waals surface area contributed by atoms with Gasteiger partial charge in [-0.15, -0.1) is 0 Å². The Balaban J connectivity index is 2.18. The molecule has 1 aliphatic heterocycles. The fourth-order valence-electron chi connectivity index (χ4n) is 2.54. The Morgan fingerprint density at radius 3 is 2.84 bits per heavy atom. The van der Waals surface area contributed by atoms with Gasteiger partial charge in [0.05, 0.1) is 11.0 Å². The zero-order valence-corrected chi connectivity index (χ0v) is 10.2. The Morgan fingerprint density at radius 1 is 1.42 bits per heavy atom. The lowest BCUT2D eigenvalue weighted by molar-refractivity contribution is 0.0608. The van der Waals surface area contributed by atoms with Crippen LogP contribution >= 0.6 is 0 Å². The van der Waals surface area contributed by atoms with E-state index >= 15 is 0 Å². The topological polar surface area (TPSA) is 64.3 Å². The summed E-state index contributed by atoms with van der Waals surface area (Å²) in [5.74, 6) is -1.54. The van der Waals surface area contributed by atoms with Crippen LogP contribution in [0.2, 0.25) is 0 Å². The first-order valence-electron chi connectivity index (χ1n) is 6.15. The van der Waals surface area contributed by atoms with Gasteiger partial charge in [-0.1, -0.05) is 0 Å². The summed E-state index contributed by atoms with van der Waals surface area (Å²) in [7, 11) is 0. The van der Waals surface area contributed by atoms with Gasteiger partial charge in [-0.2, -0.15) is 0 Å². The summed E-state index contributed by atoms with van der Waals surface area (Å²) in [5, 5.41) is 9.26. The number of carboxylic acids is 1. The highest BCUT2D eigenvalue weighted by Gasteiger charge is 2.25. The van der Waals surface area contributed by atoms with E-state index in [1.165, 1.54) is 12.1 Å². The number of nitrogens with zero attached hydrogens (tertiary/aromatic N) is 2. The highest BCUT2D eigenvalue weighted by Crippen LogP contribution is 2.28. The fraction of sp³-hybridized carbons (Fsp3) is 0.385. The summed E-state index contributed by atoms with van der Waals surface area (Å²) in [6.45, 7) is 1.20. The van der Waals surface area contributed by atoms with Crippen LogP contribution in [0, 0.1) is 5.82 Å². The fourth-order valence-corrected chi connectivity index (χ4v) is 2.54. The third-order valence-corrected chi connectivity index (χ3v) is 3.40. The van der Waals surface area contributed by atoms with Crippen molar-refractivity contribution in [3.8, 4) is 0 Å². The van der Waals surface area contributed by atoms with Crippen LogP contribution in [0.1, 0.15) is 29.5 Å². The molecule has 1 aromatic heterocycles. The summed E-state index contributed by atoms with van der Waals surface area (Å²) < 4.78 is 20.2. The molecule has 0 bridgehead atoms. The number of halogens is 1. The van der Waals surface area contributed by atoms with Gasteiger partial charge in [0.15, 0.2) is 0 Å². The molecule has 1 N–H and O–H groups in total. The van der Waals surface area contributed by atoms with E-state index in [1.54, 1.807) is 10.6 Å². The van der Waals surface area contributed by atoms with E-state index in [-0.39, 0.29) is 11.9 Å². The van der Waals surface area contributed by atoms with E-state index in [1.807, 2.05) is 0 Å². The van der Waals surface area contributed by atoms with Gasteiger partial charge >= 0.3 is 5.97 Å². The average Bonchev–Trinajstić information content (AvgIpc) is 2.78. The second kappa shape index (κ2) is 4.62. The molecular formula is C13H13FN2O3. The summed E-state index contributed by atoms with van der Waals surface area (Å²) >= 11 is 0. The number of aromatic nitrogens is 2. The molecule has 100 valence electrons. The van der Waals surface area contributed by atoms with Crippen molar-refractivity contribution in [1.82, 2.24) is 9.55 Å². The van der Waals surface area contributed by atoms with Crippen molar-refractivity contribution >= 4 is 17.0 Å². The van der Waals surface area contributed by atoms with Gasteiger partial charge in [0.2, 0.25) is 5.82 Å². The lowest BCUT2D eigenvalue weighted by Gasteiger charge is -2.24. The average molecular weight is 264 g/mol. The normalized spacial score (nSPS) is 16.9. The number of aromatic carboxylic acids is 1. The van der Waals surface area contributed by atoms with Gasteiger partial charge in [-0.3, -0.25) is 0 Å². The minimum absolute atomic E-state index is 0.0347. The number of hydrogen-bond donors (Lipinski definition) is 1. The second-order valence-electron chi connectivity index (χ2n) is 4.59. The Labute approximate surface area is 108 Å². The number of rotatable bonds is 2. The summed E-state index contributed by atoms with van der Waals surface area (Å²) in [4.78, 5) is 15.3. The van der Waals surface area contributed by atoms with E-state index in [0.717, 1.165) is 12.8 Å². The molecule has 0 spiro atoms. The van der Waals surface area contributed by atoms with E-state index < -0.39 is 11.8 Å². The van der Waals surface area contributed by atoms with Crippen molar-refractivity contribution in [1.29, 1.82) is 0 Å². The van der Waals surface area contributed by atoms with Gasteiger partial charge in [-0.25, -0.2) is 14.2 Å². The predicted molar refractivity (Wildman–Crippen MR) is 65.7 cm³/mol. The van der Waals surface area contributed by atoms with Crippen molar-refractivity contribution in [3.63, 3.8) is 0 Å². The van der Waals surface area contributed by atoms with Crippen LogP contribution in [0.25, 0.3) is 11.0 Å². The third-order valence-electron chi connectivity index (χ3n) is 3.40. The minimum Gasteiger partial charge on any atom is -0.475 e. The summed E-state index contributed by atoms with van der Waals surface area (Å²) in [5.41, 5.74) is 1.04. The van der Waals surface area contributed by atoms with Crippen LogP contribution in [0.15, 0.2) is 18.2 Å². The molecular weight excluding hydrogens is 251 g/mol. The molecule has 6 heteroatoms. The van der Waals surface area contributed by atoms with Crippen LogP contribution in [0.3, 0.4) is 0 Å². The number of imidazole rings is 1. The number of fused-ring (bicyclic) bond motifs is 1. The smallest absolute Gasteiger partial charge is 0.372 e. The van der Waals surface area contributed by atoms with Crippen LogP contribution < -0.4 is 0 Å². The Hall–Kier alpha value is -1.95. The Morgan fingerprint density at radius 2 is 2.16 bits per heavy atom. The highest BCUT2D eigenvalue weighted by atomic mass is 19.1. The zero-order chi connectivity index (χ0) is 13.4. The monoisotopic (exact) mass is 264 g/mol. The lowest BCUT2D eigenvalue weighted by Crippen LogP contribution is -2.22. The van der Waals surface area contributed by atoms with Crippen LogP contribution in [0.4, 0.5) is 4.39 Å². The molecule has 2 aromatic rings. The maximum absolute atomic E-state index is 13.2. The van der Waals surface area contributed by atoms with Crippen LogP contribution in [-0.4, -0.2) is 33.8 Å². The largest absolute Gasteiger partial charge is 0.475 e. The maximum atomic E-state index is 13.2. The van der Waals surface area contributed by atoms with Gasteiger partial charge in [0.1, 0.15) is 5.82 Å². The third kappa shape index (κ3) is 2.08. The molecule has 1 fully saturated rings. The van der Waals surface area contributed by atoms with E-state index in [0.29, 0.717) is 24.2 Å². The van der Waals surface area contributed by atoms with E-state index in [2.05, 4.69) is 4.98 Å². The van der Waals surface area contributed by atoms with Gasteiger partial charge in [0.25, 0.3) is 0 Å². The van der Waals surface area contributed by atoms with Crippen LogP contribution in [0.5, 0.6) is 0 Å². The first-order valence-corrected chi connectivity index (χ1v) is 6.15. The number of carboxylic acid groups (broad SMARTS) is 1. The van der Waals surface area contributed by atoms with Crippen LogP contribution in [-0.2, 0) is 4.74 Å². The molecule has 3 rings (SSSR count). The molecule has 1 aliphatic rings. The summed E-state index contributed by atoms with van der Waals surface area (Å²) in [6.07, 6.45) is 1.48. The molecule has 1 aromatic carbocycles. The molecule has 0 radical (unpaired) electrons. The molecule has 19 heavy (non-hydrogen) atoms. The SMILES string of the molecule is O=C(O)c1nc2cc(F)ccc2n1C1CCOCC1. The minimum atomic E-state index is -1.09. The molecule has 0 amide bonds. The predicted octanol–water partition coefficient (Wildman–Crippen LogP) is 2.23. The van der Waals surface area contributed by atoms with Crippen molar-refractivity contribution in [3.05, 3.63) is 29.8 Å². The van der Waals surface area contributed by atoms with Crippen molar-refractivity contribution in [2.45, 2.75) is 18.9 Å². The zero-order valence-electron chi connectivity index (χ0n) is 10.2. The maximum Gasteiger partial charge on any atom is 0.372 e. The Bertz CT molecular complexity index is 632. The molecule has 0 aliphatic carbocycles. The Kier molecular flexibility index (Phi) is 2.94. The van der Waals surface area contributed by atoms with Crippen molar-refractivity contribution < 1.29 is 19.0 Å². The van der Waals surface area contributed by atoms with Gasteiger partial charge < -0.3 is 14.4 Å². The van der Waals surface area contributed by atoms with Gasteiger partial charge in [-0.05, 0) is 25.0 Å². The summed E-state index contributed by atoms with van der Waals surface area (Å²) in [6, 6.07) is 4.21. The van der Waals surface area contributed by atoms with Crippen molar-refractivity contribution in [2.24, 2.45) is 0 Å². The second-order valence-corrected chi connectivity index (χ2v) is 4.59. The molecule has 2 heterocycles. The van der Waals surface area contributed by atoms with Gasteiger partial charge in [0, 0.05) is 25.3 Å². The molecule has 0 atom stereocenters. The molecule has 5 nitrogen and oxygen atoms in total. The van der Waals surface area contributed by atoms with E-state index in [4.69, 9.17) is 4.74 Å². The molecule has 0 unspecified atom stereocenters. The lowest BCUT2D eigenvalue weighted by atomic mass is 10.1. The first-order chi connectivity index (χ1) is 9.16. The number of ether oxygens (including phenoxy) is 1. The van der Waals surface area contributed by atoms with Crippen molar-refractivity contribution in [2.75, 3.05) is 13.2 Å². The molecule has 0 saturated carbocycles. The standard InChI is InChI=1S/C13H13FN2O3/c14-8-1-2-11-10(7-8)15-12(13(17)18)16(11)9-3-5-19-6-4-9/h1-2,7,9H,3-6H2,(H,17,18). The highest BCUT2D eigenvalue weighted by molar-refractivity contribution is 5.90.